The summed E-state index contributed by atoms with van der Waals surface area (Å²) in [7, 11) is -3.87. The molecule has 30 heavy (non-hydrogen) atoms. The molecule has 2 aromatic rings. The Morgan fingerprint density at radius 3 is 2.73 bits per heavy atom. The van der Waals surface area contributed by atoms with Crippen LogP contribution < -0.4 is 10.6 Å². The number of hydrogen-bond acceptors (Lipinski definition) is 4. The number of hydrogen-bond donors (Lipinski definition) is 2. The molecule has 1 fully saturated rings. The van der Waals surface area contributed by atoms with Crippen LogP contribution in [0.15, 0.2) is 47.4 Å². The Labute approximate surface area is 182 Å². The molecule has 2 aromatic carbocycles. The normalized spacial score (nSPS) is 19.8. The smallest absolute Gasteiger partial charge is 0.252 e. The summed E-state index contributed by atoms with van der Waals surface area (Å²) in [5.74, 6) is -0.393. The molecule has 8 heteroatoms. The lowest BCUT2D eigenvalue weighted by Gasteiger charge is -2.29. The number of carbonyl (C=O) groups excluding carboxylic acids is 1. The van der Waals surface area contributed by atoms with E-state index in [2.05, 4.69) is 10.6 Å². The van der Waals surface area contributed by atoms with E-state index in [-0.39, 0.29) is 28.1 Å². The molecule has 0 bridgehead atoms. The van der Waals surface area contributed by atoms with Crippen molar-refractivity contribution in [3.8, 4) is 0 Å². The van der Waals surface area contributed by atoms with Crippen LogP contribution in [0.5, 0.6) is 0 Å². The minimum Gasteiger partial charge on any atom is -0.350 e. The highest BCUT2D eigenvalue weighted by atomic mass is 35.5. The van der Waals surface area contributed by atoms with Crippen molar-refractivity contribution in [2.45, 2.75) is 43.2 Å². The molecular weight excluding hydrogens is 422 g/mol. The van der Waals surface area contributed by atoms with E-state index in [9.17, 15) is 13.2 Å². The number of nitrogens with zero attached hydrogens (tertiary/aromatic N) is 1. The van der Waals surface area contributed by atoms with Crippen molar-refractivity contribution in [3.63, 3.8) is 0 Å². The van der Waals surface area contributed by atoms with Gasteiger partial charge in [0.1, 0.15) is 0 Å². The van der Waals surface area contributed by atoms with E-state index < -0.39 is 15.9 Å². The first-order chi connectivity index (χ1) is 14.4. The van der Waals surface area contributed by atoms with Gasteiger partial charge in [-0.15, -0.1) is 0 Å². The SMILES string of the molecule is O=C(NC[C@H]1CCCCN1)c1ccc(Cl)cc1S(=O)(=O)N1CCc2ccccc2C1. The van der Waals surface area contributed by atoms with Gasteiger partial charge in [0.15, 0.2) is 0 Å². The summed E-state index contributed by atoms with van der Waals surface area (Å²) in [5.41, 5.74) is 2.28. The van der Waals surface area contributed by atoms with Crippen LogP contribution in [0.25, 0.3) is 0 Å². The molecule has 4 rings (SSSR count). The molecule has 2 heterocycles. The lowest BCUT2D eigenvalue weighted by molar-refractivity contribution is 0.0944. The van der Waals surface area contributed by atoms with Crippen LogP contribution in [0.4, 0.5) is 0 Å². The van der Waals surface area contributed by atoms with Gasteiger partial charge in [0, 0.05) is 30.7 Å². The first kappa shape index (κ1) is 21.3. The summed E-state index contributed by atoms with van der Waals surface area (Å²) >= 11 is 6.12. The fourth-order valence-corrected chi connectivity index (χ4v) is 5.99. The molecule has 2 aliphatic heterocycles. The highest BCUT2D eigenvalue weighted by Crippen LogP contribution is 2.28. The standard InChI is InChI=1S/C22H26ClN3O3S/c23-18-8-9-20(22(27)25-14-19-7-3-4-11-24-19)21(13-18)30(28,29)26-12-10-16-5-1-2-6-17(16)15-26/h1-2,5-6,8-9,13,19,24H,3-4,7,10-12,14-15H2,(H,25,27)/t19-/m1/s1. The number of sulfonamides is 1. The molecule has 0 unspecified atom stereocenters. The highest BCUT2D eigenvalue weighted by Gasteiger charge is 2.32. The van der Waals surface area contributed by atoms with Crippen molar-refractivity contribution in [3.05, 3.63) is 64.2 Å². The Hall–Kier alpha value is -1.93. The second kappa shape index (κ2) is 9.06. The molecular formula is C22H26ClN3O3S. The average Bonchev–Trinajstić information content (AvgIpc) is 2.77. The van der Waals surface area contributed by atoms with Crippen LogP contribution in [0.1, 0.15) is 40.7 Å². The maximum Gasteiger partial charge on any atom is 0.252 e. The molecule has 0 radical (unpaired) electrons. The lowest BCUT2D eigenvalue weighted by Crippen LogP contribution is -2.44. The van der Waals surface area contributed by atoms with Gasteiger partial charge in [0.2, 0.25) is 10.0 Å². The molecule has 0 aromatic heterocycles. The van der Waals surface area contributed by atoms with E-state index in [0.29, 0.717) is 19.5 Å². The van der Waals surface area contributed by atoms with E-state index in [1.54, 1.807) is 6.07 Å². The summed E-state index contributed by atoms with van der Waals surface area (Å²) in [6, 6.07) is 12.5. The summed E-state index contributed by atoms with van der Waals surface area (Å²) < 4.78 is 28.3. The topological polar surface area (TPSA) is 78.5 Å². The predicted molar refractivity (Wildman–Crippen MR) is 117 cm³/mol. The molecule has 2 N–H and O–H groups in total. The van der Waals surface area contributed by atoms with Crippen LogP contribution in [-0.4, -0.2) is 44.3 Å². The predicted octanol–water partition coefficient (Wildman–Crippen LogP) is 2.96. The van der Waals surface area contributed by atoms with Gasteiger partial charge >= 0.3 is 0 Å². The number of nitrogens with one attached hydrogen (secondary N) is 2. The quantitative estimate of drug-likeness (QED) is 0.738. The van der Waals surface area contributed by atoms with Crippen LogP contribution in [0, 0.1) is 0 Å². The first-order valence-corrected chi connectivity index (χ1v) is 12.1. The van der Waals surface area contributed by atoms with Gasteiger partial charge < -0.3 is 10.6 Å². The second-order valence-electron chi connectivity index (χ2n) is 7.85. The third-order valence-electron chi connectivity index (χ3n) is 5.82. The maximum absolute atomic E-state index is 13.5. The van der Waals surface area contributed by atoms with Crippen LogP contribution in [-0.2, 0) is 23.0 Å². The zero-order valence-electron chi connectivity index (χ0n) is 16.7. The number of fused-ring (bicyclic) bond motifs is 1. The Morgan fingerprint density at radius 2 is 1.97 bits per heavy atom. The third-order valence-corrected chi connectivity index (χ3v) is 7.94. The van der Waals surface area contributed by atoms with Crippen molar-refractivity contribution in [1.82, 2.24) is 14.9 Å². The van der Waals surface area contributed by atoms with Crippen molar-refractivity contribution in [2.75, 3.05) is 19.6 Å². The minimum absolute atomic E-state index is 0.0384. The number of amides is 1. The monoisotopic (exact) mass is 447 g/mol. The Kier molecular flexibility index (Phi) is 6.43. The van der Waals surface area contributed by atoms with Crippen LogP contribution in [0.2, 0.25) is 5.02 Å². The molecule has 6 nitrogen and oxygen atoms in total. The second-order valence-corrected chi connectivity index (χ2v) is 10.2. The van der Waals surface area contributed by atoms with Gasteiger partial charge in [-0.05, 0) is 55.1 Å². The third kappa shape index (κ3) is 4.54. The minimum atomic E-state index is -3.87. The van der Waals surface area contributed by atoms with Crippen LogP contribution >= 0.6 is 11.6 Å². The molecule has 0 aliphatic carbocycles. The molecule has 1 amide bonds. The molecule has 160 valence electrons. The number of halogens is 1. The molecule has 0 spiro atoms. The first-order valence-electron chi connectivity index (χ1n) is 10.3. The Balaban J connectivity index is 1.57. The maximum atomic E-state index is 13.5. The van der Waals surface area contributed by atoms with Gasteiger partial charge in [-0.2, -0.15) is 4.31 Å². The number of rotatable bonds is 5. The average molecular weight is 448 g/mol. The lowest BCUT2D eigenvalue weighted by atomic mass is 10.0. The highest BCUT2D eigenvalue weighted by molar-refractivity contribution is 7.89. The number of carbonyl (C=O) groups is 1. The van der Waals surface area contributed by atoms with Gasteiger partial charge in [-0.1, -0.05) is 42.3 Å². The zero-order chi connectivity index (χ0) is 21.1. The van der Waals surface area contributed by atoms with E-state index >= 15 is 0 Å². The van der Waals surface area contributed by atoms with Crippen molar-refractivity contribution in [2.24, 2.45) is 0 Å². The van der Waals surface area contributed by atoms with Gasteiger partial charge in [0.05, 0.1) is 10.5 Å². The molecule has 1 saturated heterocycles. The van der Waals surface area contributed by atoms with Crippen molar-refractivity contribution < 1.29 is 13.2 Å². The fraction of sp³-hybridized carbons (Fsp3) is 0.409. The fourth-order valence-electron chi connectivity index (χ4n) is 4.12. The molecule has 1 atom stereocenters. The van der Waals surface area contributed by atoms with E-state index in [0.717, 1.165) is 36.9 Å². The van der Waals surface area contributed by atoms with E-state index in [1.165, 1.54) is 16.4 Å². The Bertz CT molecular complexity index is 1040. The van der Waals surface area contributed by atoms with Gasteiger partial charge in [-0.25, -0.2) is 8.42 Å². The van der Waals surface area contributed by atoms with Crippen molar-refractivity contribution in [1.29, 1.82) is 0 Å². The zero-order valence-corrected chi connectivity index (χ0v) is 18.3. The molecule has 0 saturated carbocycles. The van der Waals surface area contributed by atoms with Gasteiger partial charge in [0.25, 0.3) is 5.91 Å². The number of piperidine rings is 1. The van der Waals surface area contributed by atoms with E-state index in [1.807, 2.05) is 24.3 Å². The summed E-state index contributed by atoms with van der Waals surface area (Å²) in [4.78, 5) is 12.8. The summed E-state index contributed by atoms with van der Waals surface area (Å²) in [6.45, 7) is 2.08. The number of benzene rings is 2. The van der Waals surface area contributed by atoms with Crippen molar-refractivity contribution >= 4 is 27.5 Å². The largest absolute Gasteiger partial charge is 0.350 e. The van der Waals surface area contributed by atoms with E-state index in [4.69, 9.17) is 11.6 Å². The Morgan fingerprint density at radius 1 is 1.17 bits per heavy atom. The van der Waals surface area contributed by atoms with Gasteiger partial charge in [-0.3, -0.25) is 4.79 Å². The summed E-state index contributed by atoms with van der Waals surface area (Å²) in [6.07, 6.45) is 3.91. The summed E-state index contributed by atoms with van der Waals surface area (Å²) in [5, 5.41) is 6.56. The van der Waals surface area contributed by atoms with Crippen LogP contribution in [0.3, 0.4) is 0 Å². The molecule has 2 aliphatic rings.